The van der Waals surface area contributed by atoms with E-state index in [9.17, 15) is 14.4 Å². The molecule has 1 amide bonds. The van der Waals surface area contributed by atoms with Gasteiger partial charge in [0.05, 0.1) is 18.4 Å². The van der Waals surface area contributed by atoms with Gasteiger partial charge in [0.25, 0.3) is 5.56 Å². The van der Waals surface area contributed by atoms with Crippen LogP contribution in [0.1, 0.15) is 21.6 Å². The molecule has 2 N–H and O–H groups in total. The average Bonchev–Trinajstić information content (AvgIpc) is 2.77. The summed E-state index contributed by atoms with van der Waals surface area (Å²) in [4.78, 5) is 38.3. The number of hydrogen-bond acceptors (Lipinski definition) is 7. The van der Waals surface area contributed by atoms with Crippen molar-refractivity contribution in [3.05, 3.63) is 81.8 Å². The van der Waals surface area contributed by atoms with Crippen molar-refractivity contribution in [2.45, 2.75) is 5.16 Å². The maximum atomic E-state index is 12.1. The summed E-state index contributed by atoms with van der Waals surface area (Å²) in [5, 5.41) is 10.8. The average molecular weight is 422 g/mol. The summed E-state index contributed by atoms with van der Waals surface area (Å²) < 4.78 is 4.62. The third-order valence-electron chi connectivity index (χ3n) is 3.86. The molecular weight excluding hydrogens is 404 g/mol. The second-order valence-corrected chi connectivity index (χ2v) is 6.96. The normalized spacial score (nSPS) is 10.7. The van der Waals surface area contributed by atoms with E-state index in [1.807, 2.05) is 30.3 Å². The number of rotatable bonds is 7. The number of methoxy groups -OCH3 is 1. The second kappa shape index (κ2) is 10.2. The highest BCUT2D eigenvalue weighted by Gasteiger charge is 2.09. The molecule has 0 radical (unpaired) electrons. The molecule has 8 nitrogen and oxygen atoms in total. The molecule has 1 heterocycles. The number of ether oxygens (including phenoxy) is 1. The molecule has 0 unspecified atom stereocenters. The first-order valence-electron chi connectivity index (χ1n) is 8.86. The van der Waals surface area contributed by atoms with Crippen molar-refractivity contribution in [2.75, 3.05) is 18.2 Å². The van der Waals surface area contributed by atoms with Crippen molar-refractivity contribution in [3.8, 4) is 0 Å². The molecule has 0 atom stereocenters. The highest BCUT2D eigenvalue weighted by atomic mass is 32.2. The minimum atomic E-state index is -0.451. The summed E-state index contributed by atoms with van der Waals surface area (Å²) in [6.45, 7) is 0. The molecule has 2 aromatic carbocycles. The molecule has 1 aromatic heterocycles. The number of carbonyl (C=O) groups excluding carboxylic acids is 2. The van der Waals surface area contributed by atoms with Crippen molar-refractivity contribution in [1.29, 1.82) is 0 Å². The lowest BCUT2D eigenvalue weighted by atomic mass is 10.2. The fraction of sp³-hybridized carbons (Fsp3) is 0.0952. The maximum absolute atomic E-state index is 12.1. The standard InChI is InChI=1S/C21H18N4O4S/c1-29-20(28)15-8-10-16(11-9-15)22-18(26)13-30-21-23-19(27)17(24-25-21)12-7-14-5-3-2-4-6-14/h2-12H,13H2,1H3,(H,22,26)(H,23,25,27)/b12-7+. The smallest absolute Gasteiger partial charge is 0.337 e. The Kier molecular flexibility index (Phi) is 7.12. The fourth-order valence-electron chi connectivity index (χ4n) is 2.38. The Hall–Kier alpha value is -3.72. The lowest BCUT2D eigenvalue weighted by molar-refractivity contribution is -0.113. The third kappa shape index (κ3) is 5.89. The number of esters is 1. The number of thioether (sulfide) groups is 1. The van der Waals surface area contributed by atoms with E-state index in [0.29, 0.717) is 11.3 Å². The minimum absolute atomic E-state index is 0.0303. The number of nitrogens with one attached hydrogen (secondary N) is 2. The number of nitrogens with zero attached hydrogens (tertiary/aromatic N) is 2. The largest absolute Gasteiger partial charge is 0.465 e. The minimum Gasteiger partial charge on any atom is -0.465 e. The van der Waals surface area contributed by atoms with Gasteiger partial charge >= 0.3 is 5.97 Å². The Bertz CT molecular complexity index is 1110. The topological polar surface area (TPSA) is 114 Å². The Labute approximate surface area is 176 Å². The molecule has 3 rings (SSSR count). The predicted octanol–water partition coefficient (Wildman–Crippen LogP) is 2.85. The van der Waals surface area contributed by atoms with Gasteiger partial charge in [0.1, 0.15) is 0 Å². The van der Waals surface area contributed by atoms with Crippen LogP contribution in [0, 0.1) is 0 Å². The summed E-state index contributed by atoms with van der Waals surface area (Å²) in [6, 6.07) is 15.8. The Morgan fingerprint density at radius 1 is 1.07 bits per heavy atom. The molecule has 0 aliphatic carbocycles. The van der Waals surface area contributed by atoms with E-state index < -0.39 is 11.5 Å². The van der Waals surface area contributed by atoms with Gasteiger partial charge in [-0.1, -0.05) is 48.2 Å². The molecule has 0 spiro atoms. The molecule has 30 heavy (non-hydrogen) atoms. The van der Waals surface area contributed by atoms with Crippen LogP contribution in [0.25, 0.3) is 12.2 Å². The number of anilines is 1. The van der Waals surface area contributed by atoms with Gasteiger partial charge in [0.15, 0.2) is 10.9 Å². The zero-order valence-electron chi connectivity index (χ0n) is 16.0. The molecule has 0 saturated carbocycles. The molecule has 3 aromatic rings. The van der Waals surface area contributed by atoms with Gasteiger partial charge in [-0.2, -0.15) is 0 Å². The van der Waals surface area contributed by atoms with Crippen molar-refractivity contribution < 1.29 is 14.3 Å². The van der Waals surface area contributed by atoms with Crippen LogP contribution in [0.2, 0.25) is 0 Å². The van der Waals surface area contributed by atoms with Crippen LogP contribution in [0.3, 0.4) is 0 Å². The Balaban J connectivity index is 1.54. The van der Waals surface area contributed by atoms with E-state index in [-0.39, 0.29) is 22.5 Å². The zero-order chi connectivity index (χ0) is 21.3. The quantitative estimate of drug-likeness (QED) is 0.444. The third-order valence-corrected chi connectivity index (χ3v) is 4.73. The molecular formula is C21H18N4O4S. The SMILES string of the molecule is COC(=O)c1ccc(NC(=O)CSc2nnc(/C=C/c3ccccc3)c(=O)[nH]2)cc1. The Morgan fingerprint density at radius 3 is 2.47 bits per heavy atom. The van der Waals surface area contributed by atoms with Crippen LogP contribution in [0.15, 0.2) is 64.5 Å². The summed E-state index contributed by atoms with van der Waals surface area (Å²) in [7, 11) is 1.30. The van der Waals surface area contributed by atoms with Gasteiger partial charge in [-0.05, 0) is 35.9 Å². The van der Waals surface area contributed by atoms with Gasteiger partial charge in [0.2, 0.25) is 5.91 Å². The second-order valence-electron chi connectivity index (χ2n) is 5.99. The van der Waals surface area contributed by atoms with Crippen molar-refractivity contribution >= 4 is 41.5 Å². The van der Waals surface area contributed by atoms with Crippen molar-refractivity contribution in [1.82, 2.24) is 15.2 Å². The van der Waals surface area contributed by atoms with Crippen LogP contribution in [-0.4, -0.2) is 39.9 Å². The van der Waals surface area contributed by atoms with Gasteiger partial charge < -0.3 is 10.1 Å². The number of benzene rings is 2. The molecule has 0 saturated heterocycles. The first kappa shape index (κ1) is 21.0. The van der Waals surface area contributed by atoms with Crippen LogP contribution in [0.5, 0.6) is 0 Å². The summed E-state index contributed by atoms with van der Waals surface area (Å²) in [5.41, 5.74) is 1.65. The number of aromatic nitrogens is 3. The van der Waals surface area contributed by atoms with Crippen LogP contribution >= 0.6 is 11.8 Å². The van der Waals surface area contributed by atoms with Gasteiger partial charge in [-0.15, -0.1) is 10.2 Å². The molecule has 0 bridgehead atoms. The number of amides is 1. The van der Waals surface area contributed by atoms with Gasteiger partial charge in [-0.25, -0.2) is 4.79 Å². The van der Waals surface area contributed by atoms with E-state index in [1.165, 1.54) is 7.11 Å². The number of H-pyrrole nitrogens is 1. The van der Waals surface area contributed by atoms with Crippen LogP contribution in [0.4, 0.5) is 5.69 Å². The molecule has 152 valence electrons. The fourth-order valence-corrected chi connectivity index (χ4v) is 2.99. The van der Waals surface area contributed by atoms with Crippen molar-refractivity contribution in [3.63, 3.8) is 0 Å². The van der Waals surface area contributed by atoms with Gasteiger partial charge in [-0.3, -0.25) is 14.6 Å². The van der Waals surface area contributed by atoms with Crippen LogP contribution < -0.4 is 10.9 Å². The molecule has 9 heteroatoms. The van der Waals surface area contributed by atoms with Crippen molar-refractivity contribution in [2.24, 2.45) is 0 Å². The van der Waals surface area contributed by atoms with E-state index in [0.717, 1.165) is 17.3 Å². The first-order chi connectivity index (χ1) is 14.5. The van der Waals surface area contributed by atoms with Crippen LogP contribution in [-0.2, 0) is 9.53 Å². The number of aromatic amines is 1. The van der Waals surface area contributed by atoms with E-state index in [4.69, 9.17) is 0 Å². The van der Waals surface area contributed by atoms with E-state index >= 15 is 0 Å². The Morgan fingerprint density at radius 2 is 1.80 bits per heavy atom. The number of carbonyl (C=O) groups is 2. The predicted molar refractivity (Wildman–Crippen MR) is 115 cm³/mol. The lowest BCUT2D eigenvalue weighted by Crippen LogP contribution is -2.17. The summed E-state index contributed by atoms with van der Waals surface area (Å²) in [6.07, 6.45) is 3.35. The van der Waals surface area contributed by atoms with E-state index in [1.54, 1.807) is 36.4 Å². The molecule has 0 aliphatic rings. The lowest BCUT2D eigenvalue weighted by Gasteiger charge is -2.05. The highest BCUT2D eigenvalue weighted by molar-refractivity contribution is 7.99. The van der Waals surface area contributed by atoms with E-state index in [2.05, 4.69) is 25.2 Å². The maximum Gasteiger partial charge on any atom is 0.337 e. The zero-order valence-corrected chi connectivity index (χ0v) is 16.8. The summed E-state index contributed by atoms with van der Waals surface area (Å²) in [5.74, 6) is -0.711. The van der Waals surface area contributed by atoms with Gasteiger partial charge in [0, 0.05) is 5.69 Å². The molecule has 0 fully saturated rings. The highest BCUT2D eigenvalue weighted by Crippen LogP contribution is 2.14. The first-order valence-corrected chi connectivity index (χ1v) is 9.85. The summed E-state index contributed by atoms with van der Waals surface area (Å²) >= 11 is 1.06. The monoisotopic (exact) mass is 422 g/mol. The molecule has 0 aliphatic heterocycles. The number of hydrogen-bond donors (Lipinski definition) is 2.